The van der Waals surface area contributed by atoms with E-state index in [1.807, 2.05) is 45.0 Å². The fourth-order valence-corrected chi connectivity index (χ4v) is 3.08. The fraction of sp³-hybridized carbons (Fsp3) is 0.417. The minimum atomic E-state index is -0.509. The van der Waals surface area contributed by atoms with Crippen molar-refractivity contribution in [3.8, 4) is 11.5 Å². The number of carbonyl (C=O) groups excluding carboxylic acids is 2. The van der Waals surface area contributed by atoms with E-state index in [2.05, 4.69) is 0 Å². The lowest BCUT2D eigenvalue weighted by Gasteiger charge is -2.20. The number of hydrogen-bond acceptors (Lipinski definition) is 5. The summed E-state index contributed by atoms with van der Waals surface area (Å²) in [5.74, 6) is 0.854. The Morgan fingerprint density at radius 3 is 1.86 bits per heavy atom. The predicted octanol–water partition coefficient (Wildman–Crippen LogP) is 5.18. The first-order valence-corrected chi connectivity index (χ1v) is 9.77. The molecule has 0 aromatic heterocycles. The maximum atomic E-state index is 13.2. The van der Waals surface area contributed by atoms with E-state index in [4.69, 9.17) is 14.2 Å². The number of ether oxygens (including phenoxy) is 3. The molecule has 0 aliphatic rings. The van der Waals surface area contributed by atoms with Crippen LogP contribution in [-0.2, 0) is 9.53 Å². The normalized spacial score (nSPS) is 12.2. The standard InChI is InChI=1S/C24H30O5/c1-24(2,3)29-22(25)8-6-7-21(17-9-13-19(27-4)14-10-17)23(26)18-11-15-20(28-5)16-12-18/h9-16,21H,6-8H2,1-5H3. The molecular weight excluding hydrogens is 368 g/mol. The van der Waals surface area contributed by atoms with Crippen molar-refractivity contribution in [1.29, 1.82) is 0 Å². The molecule has 1 atom stereocenters. The van der Waals surface area contributed by atoms with Crippen LogP contribution in [0.1, 0.15) is 61.9 Å². The van der Waals surface area contributed by atoms with Gasteiger partial charge < -0.3 is 14.2 Å². The summed E-state index contributed by atoms with van der Waals surface area (Å²) >= 11 is 0. The highest BCUT2D eigenvalue weighted by Crippen LogP contribution is 2.29. The lowest BCUT2D eigenvalue weighted by atomic mass is 9.86. The van der Waals surface area contributed by atoms with Gasteiger partial charge in [-0.15, -0.1) is 0 Å². The molecule has 0 radical (unpaired) electrons. The molecular formula is C24H30O5. The highest BCUT2D eigenvalue weighted by Gasteiger charge is 2.23. The zero-order chi connectivity index (χ0) is 21.4. The van der Waals surface area contributed by atoms with Crippen molar-refractivity contribution in [2.75, 3.05) is 14.2 Å². The van der Waals surface area contributed by atoms with E-state index in [0.29, 0.717) is 24.2 Å². The maximum absolute atomic E-state index is 13.2. The maximum Gasteiger partial charge on any atom is 0.306 e. The molecule has 0 aliphatic heterocycles. The molecule has 0 N–H and O–H groups in total. The summed E-state index contributed by atoms with van der Waals surface area (Å²) in [7, 11) is 3.20. The molecule has 0 bridgehead atoms. The van der Waals surface area contributed by atoms with E-state index in [1.165, 1.54) is 0 Å². The summed E-state index contributed by atoms with van der Waals surface area (Å²) in [5.41, 5.74) is 1.01. The molecule has 2 rings (SSSR count). The number of rotatable bonds is 9. The van der Waals surface area contributed by atoms with Gasteiger partial charge in [-0.25, -0.2) is 0 Å². The number of carbonyl (C=O) groups is 2. The Hall–Kier alpha value is -2.82. The monoisotopic (exact) mass is 398 g/mol. The number of esters is 1. The molecule has 0 aliphatic carbocycles. The van der Waals surface area contributed by atoms with E-state index < -0.39 is 5.60 Å². The van der Waals surface area contributed by atoms with Crippen LogP contribution in [0.25, 0.3) is 0 Å². The summed E-state index contributed by atoms with van der Waals surface area (Å²) in [6.45, 7) is 5.54. The predicted molar refractivity (Wildman–Crippen MR) is 113 cm³/mol. The van der Waals surface area contributed by atoms with Crippen molar-refractivity contribution in [2.24, 2.45) is 0 Å². The van der Waals surface area contributed by atoms with Crippen molar-refractivity contribution >= 4 is 11.8 Å². The molecule has 0 fully saturated rings. The van der Waals surface area contributed by atoms with Gasteiger partial charge in [-0.1, -0.05) is 12.1 Å². The molecule has 0 amide bonds. The first-order chi connectivity index (χ1) is 13.7. The summed E-state index contributed by atoms with van der Waals surface area (Å²) in [6, 6.07) is 14.6. The summed E-state index contributed by atoms with van der Waals surface area (Å²) < 4.78 is 15.8. The van der Waals surface area contributed by atoms with Crippen LogP contribution in [0.2, 0.25) is 0 Å². The zero-order valence-electron chi connectivity index (χ0n) is 17.9. The van der Waals surface area contributed by atoms with Crippen LogP contribution in [0.5, 0.6) is 11.5 Å². The van der Waals surface area contributed by atoms with Crippen LogP contribution in [0.3, 0.4) is 0 Å². The molecule has 156 valence electrons. The van der Waals surface area contributed by atoms with Crippen LogP contribution >= 0.6 is 0 Å². The quantitative estimate of drug-likeness (QED) is 0.430. The molecule has 0 saturated heterocycles. The van der Waals surface area contributed by atoms with Crippen molar-refractivity contribution in [1.82, 2.24) is 0 Å². The number of ketones is 1. The fourth-order valence-electron chi connectivity index (χ4n) is 3.08. The van der Waals surface area contributed by atoms with Crippen molar-refractivity contribution < 1.29 is 23.8 Å². The summed E-state index contributed by atoms with van der Waals surface area (Å²) in [4.78, 5) is 25.2. The summed E-state index contributed by atoms with van der Waals surface area (Å²) in [5, 5.41) is 0. The second-order valence-electron chi connectivity index (χ2n) is 7.90. The number of hydrogen-bond donors (Lipinski definition) is 0. The van der Waals surface area contributed by atoms with E-state index in [1.54, 1.807) is 38.5 Å². The number of methoxy groups -OCH3 is 2. The second kappa shape index (κ2) is 10.1. The van der Waals surface area contributed by atoms with Gasteiger partial charge in [0.05, 0.1) is 14.2 Å². The van der Waals surface area contributed by atoms with Gasteiger partial charge in [-0.3, -0.25) is 9.59 Å². The van der Waals surface area contributed by atoms with E-state index in [9.17, 15) is 9.59 Å². The van der Waals surface area contributed by atoms with Gasteiger partial charge in [0.25, 0.3) is 0 Å². The van der Waals surface area contributed by atoms with Gasteiger partial charge in [-0.2, -0.15) is 0 Å². The van der Waals surface area contributed by atoms with Crippen LogP contribution in [-0.4, -0.2) is 31.6 Å². The molecule has 2 aromatic rings. The van der Waals surface area contributed by atoms with Crippen LogP contribution in [0.15, 0.2) is 48.5 Å². The van der Waals surface area contributed by atoms with Crippen molar-refractivity contribution in [2.45, 2.75) is 51.6 Å². The van der Waals surface area contributed by atoms with Gasteiger partial charge in [-0.05, 0) is 75.6 Å². The Morgan fingerprint density at radius 2 is 1.38 bits per heavy atom. The van der Waals surface area contributed by atoms with Crippen LogP contribution < -0.4 is 9.47 Å². The molecule has 29 heavy (non-hydrogen) atoms. The second-order valence-corrected chi connectivity index (χ2v) is 7.90. The Labute approximate surface area is 173 Å². The molecule has 0 heterocycles. The number of benzene rings is 2. The van der Waals surface area contributed by atoms with Gasteiger partial charge >= 0.3 is 5.97 Å². The van der Waals surface area contributed by atoms with Gasteiger partial charge in [0.2, 0.25) is 0 Å². The Balaban J connectivity index is 2.16. The Bertz CT molecular complexity index is 801. The Kier molecular flexibility index (Phi) is 7.82. The molecule has 0 spiro atoms. The number of Topliss-reactive ketones (excluding diaryl/α,β-unsaturated/α-hetero) is 1. The van der Waals surface area contributed by atoms with Crippen molar-refractivity contribution in [3.63, 3.8) is 0 Å². The first kappa shape index (κ1) is 22.5. The minimum Gasteiger partial charge on any atom is -0.497 e. The molecule has 5 nitrogen and oxygen atoms in total. The van der Waals surface area contributed by atoms with Crippen molar-refractivity contribution in [3.05, 3.63) is 59.7 Å². The zero-order valence-corrected chi connectivity index (χ0v) is 17.9. The average Bonchev–Trinajstić information content (AvgIpc) is 2.69. The third kappa shape index (κ3) is 6.93. The topological polar surface area (TPSA) is 61.8 Å². The minimum absolute atomic E-state index is 0.0157. The molecule has 5 heteroatoms. The van der Waals surface area contributed by atoms with Gasteiger partial charge in [0.1, 0.15) is 17.1 Å². The smallest absolute Gasteiger partial charge is 0.306 e. The average molecular weight is 398 g/mol. The molecule has 1 unspecified atom stereocenters. The Morgan fingerprint density at radius 1 is 0.862 bits per heavy atom. The lowest BCUT2D eigenvalue weighted by molar-refractivity contribution is -0.154. The third-order valence-electron chi connectivity index (χ3n) is 4.50. The molecule has 0 saturated carbocycles. The summed E-state index contributed by atoms with van der Waals surface area (Å²) in [6.07, 6.45) is 1.39. The SMILES string of the molecule is COc1ccc(C(=O)C(CCCC(=O)OC(C)(C)C)c2ccc(OC)cc2)cc1. The highest BCUT2D eigenvalue weighted by atomic mass is 16.6. The first-order valence-electron chi connectivity index (χ1n) is 9.77. The lowest BCUT2D eigenvalue weighted by Crippen LogP contribution is -2.23. The van der Waals surface area contributed by atoms with Gasteiger partial charge in [0, 0.05) is 17.9 Å². The van der Waals surface area contributed by atoms with Gasteiger partial charge in [0.15, 0.2) is 5.78 Å². The van der Waals surface area contributed by atoms with E-state index in [-0.39, 0.29) is 24.1 Å². The largest absolute Gasteiger partial charge is 0.497 e. The van der Waals surface area contributed by atoms with Crippen LogP contribution in [0.4, 0.5) is 0 Å². The van der Waals surface area contributed by atoms with E-state index >= 15 is 0 Å². The van der Waals surface area contributed by atoms with E-state index in [0.717, 1.165) is 11.3 Å². The highest BCUT2D eigenvalue weighted by molar-refractivity contribution is 6.01. The molecule has 2 aromatic carbocycles. The van der Waals surface area contributed by atoms with Crippen LogP contribution in [0, 0.1) is 0 Å². The third-order valence-corrected chi connectivity index (χ3v) is 4.50.